The molecule has 3 heterocycles. The molecule has 3 aromatic rings. The third-order valence-corrected chi connectivity index (χ3v) is 6.46. The summed E-state index contributed by atoms with van der Waals surface area (Å²) in [6.07, 6.45) is 3.51. The Morgan fingerprint density at radius 3 is 2.81 bits per heavy atom. The number of thiazole rings is 1. The fourth-order valence-corrected chi connectivity index (χ4v) is 4.77. The molecular formula is C24H27N3O3S. The van der Waals surface area contributed by atoms with E-state index in [1.807, 2.05) is 28.3 Å². The van der Waals surface area contributed by atoms with Gasteiger partial charge < -0.3 is 14.2 Å². The van der Waals surface area contributed by atoms with Crippen molar-refractivity contribution in [1.82, 2.24) is 14.5 Å². The van der Waals surface area contributed by atoms with Crippen LogP contribution in [0, 0.1) is 12.8 Å². The highest BCUT2D eigenvalue weighted by atomic mass is 32.1. The number of aryl methyl sites for hydroxylation is 1. The largest absolute Gasteiger partial charge is 0.466 e. The molecule has 0 unspecified atom stereocenters. The van der Waals surface area contributed by atoms with Crippen LogP contribution in [0.2, 0.25) is 0 Å². The zero-order valence-corrected chi connectivity index (χ0v) is 18.7. The molecule has 6 nitrogen and oxygen atoms in total. The second-order valence-corrected chi connectivity index (χ2v) is 8.71. The van der Waals surface area contributed by atoms with Crippen LogP contribution < -0.4 is 0 Å². The van der Waals surface area contributed by atoms with Crippen LogP contribution in [0.3, 0.4) is 0 Å². The Bertz CT molecular complexity index is 1050. The number of aromatic nitrogens is 2. The Balaban J connectivity index is 1.46. The van der Waals surface area contributed by atoms with Gasteiger partial charge in [-0.3, -0.25) is 9.59 Å². The van der Waals surface area contributed by atoms with E-state index in [-0.39, 0.29) is 24.3 Å². The average Bonchev–Trinajstić information content (AvgIpc) is 3.44. The zero-order valence-electron chi connectivity index (χ0n) is 17.9. The molecule has 162 valence electrons. The average molecular weight is 438 g/mol. The lowest BCUT2D eigenvalue weighted by Gasteiger charge is -2.31. The van der Waals surface area contributed by atoms with Gasteiger partial charge in [-0.25, -0.2) is 4.98 Å². The standard InChI is InChI=1S/C24H27N3O3S/c1-3-30-24(29)19-6-4-13-27(14-19)22(28)15-26-12-5-7-21(26)23-25-20(16-31-23)18-10-8-17(2)9-11-18/h5,7-12,16,19H,3-4,6,13-15H2,1-2H3/t19-/m0/s1. The summed E-state index contributed by atoms with van der Waals surface area (Å²) < 4.78 is 7.09. The lowest BCUT2D eigenvalue weighted by Crippen LogP contribution is -2.44. The first kappa shape index (κ1) is 21.3. The van der Waals surface area contributed by atoms with E-state index in [4.69, 9.17) is 9.72 Å². The van der Waals surface area contributed by atoms with E-state index in [2.05, 4.69) is 31.2 Å². The van der Waals surface area contributed by atoms with Crippen molar-refractivity contribution in [2.45, 2.75) is 33.2 Å². The normalized spacial score (nSPS) is 16.3. The van der Waals surface area contributed by atoms with Crippen molar-refractivity contribution in [2.75, 3.05) is 19.7 Å². The summed E-state index contributed by atoms with van der Waals surface area (Å²) in [6.45, 7) is 5.59. The van der Waals surface area contributed by atoms with E-state index in [0.29, 0.717) is 19.7 Å². The Morgan fingerprint density at radius 2 is 2.03 bits per heavy atom. The minimum atomic E-state index is -0.224. The summed E-state index contributed by atoms with van der Waals surface area (Å²) in [5, 5.41) is 2.93. The third kappa shape index (κ3) is 4.88. The number of carbonyl (C=O) groups is 2. The molecule has 1 fully saturated rings. The predicted octanol–water partition coefficient (Wildman–Crippen LogP) is 4.39. The van der Waals surface area contributed by atoms with Crippen LogP contribution in [-0.4, -0.2) is 46.0 Å². The molecule has 1 aromatic carbocycles. The maximum atomic E-state index is 13.0. The maximum Gasteiger partial charge on any atom is 0.310 e. The van der Waals surface area contributed by atoms with Crippen molar-refractivity contribution in [1.29, 1.82) is 0 Å². The fourth-order valence-electron chi connectivity index (χ4n) is 3.90. The molecule has 1 aliphatic rings. The molecule has 31 heavy (non-hydrogen) atoms. The topological polar surface area (TPSA) is 64.4 Å². The molecule has 2 aromatic heterocycles. The molecular weight excluding hydrogens is 410 g/mol. The Kier molecular flexibility index (Phi) is 6.51. The number of amides is 1. The van der Waals surface area contributed by atoms with Crippen LogP contribution in [0.15, 0.2) is 48.0 Å². The van der Waals surface area contributed by atoms with E-state index < -0.39 is 0 Å². The summed E-state index contributed by atoms with van der Waals surface area (Å²) >= 11 is 1.57. The summed E-state index contributed by atoms with van der Waals surface area (Å²) in [5.74, 6) is -0.410. The van der Waals surface area contributed by atoms with E-state index >= 15 is 0 Å². The van der Waals surface area contributed by atoms with Gasteiger partial charge in [0.1, 0.15) is 11.6 Å². The van der Waals surface area contributed by atoms with Gasteiger partial charge in [0, 0.05) is 30.2 Å². The van der Waals surface area contributed by atoms with Crippen molar-refractivity contribution in [2.24, 2.45) is 5.92 Å². The summed E-state index contributed by atoms with van der Waals surface area (Å²) in [7, 11) is 0. The molecule has 0 N–H and O–H groups in total. The molecule has 1 saturated heterocycles. The third-order valence-electron chi connectivity index (χ3n) is 5.60. The second kappa shape index (κ2) is 9.47. The predicted molar refractivity (Wildman–Crippen MR) is 122 cm³/mol. The first-order valence-corrected chi connectivity index (χ1v) is 11.6. The maximum absolute atomic E-state index is 13.0. The van der Waals surface area contributed by atoms with Crippen LogP contribution in [-0.2, 0) is 20.9 Å². The number of ether oxygens (including phenoxy) is 1. The van der Waals surface area contributed by atoms with Gasteiger partial charge in [0.2, 0.25) is 5.91 Å². The van der Waals surface area contributed by atoms with Gasteiger partial charge in [-0.05, 0) is 38.8 Å². The number of piperidine rings is 1. The lowest BCUT2D eigenvalue weighted by molar-refractivity contribution is -0.151. The van der Waals surface area contributed by atoms with E-state index in [9.17, 15) is 9.59 Å². The summed E-state index contributed by atoms with van der Waals surface area (Å²) in [6, 6.07) is 12.2. The zero-order chi connectivity index (χ0) is 21.8. The number of carbonyl (C=O) groups excluding carboxylic acids is 2. The van der Waals surface area contributed by atoms with Gasteiger partial charge in [0.15, 0.2) is 0 Å². The number of esters is 1. The SMILES string of the molecule is CCOC(=O)[C@H]1CCCN(C(=O)Cn2cccc2-c2nc(-c3ccc(C)cc3)cs2)C1. The Hall–Kier alpha value is -2.93. The Morgan fingerprint density at radius 1 is 1.23 bits per heavy atom. The first-order valence-electron chi connectivity index (χ1n) is 10.7. The minimum absolute atomic E-state index is 0.0155. The quantitative estimate of drug-likeness (QED) is 0.537. The molecule has 4 rings (SSSR count). The monoisotopic (exact) mass is 437 g/mol. The number of likely N-dealkylation sites (tertiary alicyclic amines) is 1. The summed E-state index contributed by atoms with van der Waals surface area (Å²) in [4.78, 5) is 31.6. The molecule has 7 heteroatoms. The van der Waals surface area contributed by atoms with Crippen molar-refractivity contribution in [3.8, 4) is 22.0 Å². The number of rotatable bonds is 6. The molecule has 0 spiro atoms. The van der Waals surface area contributed by atoms with Gasteiger partial charge >= 0.3 is 5.97 Å². The second-order valence-electron chi connectivity index (χ2n) is 7.86. The molecule has 0 radical (unpaired) electrons. The highest BCUT2D eigenvalue weighted by Gasteiger charge is 2.29. The van der Waals surface area contributed by atoms with Gasteiger partial charge in [-0.2, -0.15) is 0 Å². The van der Waals surface area contributed by atoms with Crippen LogP contribution >= 0.6 is 11.3 Å². The smallest absolute Gasteiger partial charge is 0.310 e. The van der Waals surface area contributed by atoms with Crippen LogP contribution in [0.25, 0.3) is 22.0 Å². The molecule has 0 aliphatic carbocycles. The molecule has 0 saturated carbocycles. The van der Waals surface area contributed by atoms with Crippen molar-refractivity contribution < 1.29 is 14.3 Å². The minimum Gasteiger partial charge on any atom is -0.466 e. The molecule has 1 atom stereocenters. The fraction of sp³-hybridized carbons (Fsp3) is 0.375. The van der Waals surface area contributed by atoms with Gasteiger partial charge in [-0.1, -0.05) is 29.8 Å². The Labute approximate surface area is 186 Å². The van der Waals surface area contributed by atoms with Crippen LogP contribution in [0.4, 0.5) is 0 Å². The molecule has 0 bridgehead atoms. The first-order chi connectivity index (χ1) is 15.0. The van der Waals surface area contributed by atoms with E-state index in [1.54, 1.807) is 23.2 Å². The van der Waals surface area contributed by atoms with Gasteiger partial charge in [0.25, 0.3) is 0 Å². The van der Waals surface area contributed by atoms with Crippen molar-refractivity contribution >= 4 is 23.2 Å². The summed E-state index contributed by atoms with van der Waals surface area (Å²) in [5.41, 5.74) is 4.16. The van der Waals surface area contributed by atoms with Crippen molar-refractivity contribution in [3.05, 3.63) is 53.5 Å². The number of hydrogen-bond acceptors (Lipinski definition) is 5. The van der Waals surface area contributed by atoms with Crippen molar-refractivity contribution in [3.63, 3.8) is 0 Å². The highest BCUT2D eigenvalue weighted by Crippen LogP contribution is 2.29. The molecule has 1 amide bonds. The number of nitrogens with zero attached hydrogens (tertiary/aromatic N) is 3. The van der Waals surface area contributed by atoms with Crippen LogP contribution in [0.5, 0.6) is 0 Å². The van der Waals surface area contributed by atoms with Gasteiger partial charge in [0.05, 0.1) is 23.9 Å². The number of hydrogen-bond donors (Lipinski definition) is 0. The van der Waals surface area contributed by atoms with Crippen LogP contribution in [0.1, 0.15) is 25.3 Å². The lowest BCUT2D eigenvalue weighted by atomic mass is 9.98. The molecule has 1 aliphatic heterocycles. The van der Waals surface area contributed by atoms with Gasteiger partial charge in [-0.15, -0.1) is 11.3 Å². The van der Waals surface area contributed by atoms with E-state index in [1.165, 1.54) is 5.56 Å². The van der Waals surface area contributed by atoms with E-state index in [0.717, 1.165) is 34.8 Å². The number of benzene rings is 1. The highest BCUT2D eigenvalue weighted by molar-refractivity contribution is 7.13.